The zero-order valence-corrected chi connectivity index (χ0v) is 20.4. The Morgan fingerprint density at radius 2 is 1.57 bits per heavy atom. The van der Waals surface area contributed by atoms with E-state index in [0.29, 0.717) is 0 Å². The van der Waals surface area contributed by atoms with Crippen molar-refractivity contribution in [3.8, 4) is 0 Å². The van der Waals surface area contributed by atoms with Crippen molar-refractivity contribution < 1.29 is 52.6 Å². The molecule has 0 aliphatic carbocycles. The molecule has 1 amide bonds. The number of nitro groups is 1. The van der Waals surface area contributed by atoms with Gasteiger partial charge in [0, 0.05) is 33.9 Å². The Hall–Kier alpha value is -4.34. The van der Waals surface area contributed by atoms with E-state index in [0.717, 1.165) is 33.9 Å². The minimum absolute atomic E-state index is 0.105. The summed E-state index contributed by atoms with van der Waals surface area (Å²) < 4.78 is 26.2. The van der Waals surface area contributed by atoms with Crippen LogP contribution in [0.15, 0.2) is 11.0 Å². The predicted molar refractivity (Wildman–Crippen MR) is 118 cm³/mol. The summed E-state index contributed by atoms with van der Waals surface area (Å²) in [6.45, 7) is 4.89. The van der Waals surface area contributed by atoms with Crippen molar-refractivity contribution in [1.29, 1.82) is 0 Å². The number of carbonyl (C=O) groups excluding carboxylic acids is 5. The van der Waals surface area contributed by atoms with E-state index in [9.17, 15) is 38.9 Å². The van der Waals surface area contributed by atoms with Gasteiger partial charge >= 0.3 is 29.6 Å². The molecule has 0 radical (unpaired) electrons. The number of aromatic amines is 1. The Balaban J connectivity index is 2.56. The number of hydrogen-bond donors (Lipinski definition) is 2. The Morgan fingerprint density at radius 1 is 1.00 bits per heavy atom. The average Bonchev–Trinajstić information content (AvgIpc) is 2.75. The molecule has 0 saturated carbocycles. The normalized spacial score (nSPS) is 22.8. The van der Waals surface area contributed by atoms with Crippen molar-refractivity contribution in [2.45, 2.75) is 65.3 Å². The number of pyridine rings is 1. The molecule has 1 fully saturated rings. The molecule has 37 heavy (non-hydrogen) atoms. The fourth-order valence-corrected chi connectivity index (χ4v) is 3.55. The molecule has 2 heterocycles. The SMILES string of the molecule is CC(=O)OC[C@H]1O[C@@H](OC(C)=O)[C@H](NC(=O)c2c[nH]c(C)c([N+](=O)[O-])c2=O)[C@@H](OC(C)=O)[C@@H]1OC(C)=O. The number of H-pyrrole nitrogens is 1. The summed E-state index contributed by atoms with van der Waals surface area (Å²) in [5.41, 5.74) is -2.88. The smallest absolute Gasteiger partial charge is 0.335 e. The molecule has 5 atom stereocenters. The molecule has 1 aromatic rings. The second kappa shape index (κ2) is 12.1. The third kappa shape index (κ3) is 7.33. The zero-order valence-electron chi connectivity index (χ0n) is 20.4. The van der Waals surface area contributed by atoms with Crippen LogP contribution >= 0.6 is 0 Å². The maximum atomic E-state index is 13.0. The van der Waals surface area contributed by atoms with Crippen molar-refractivity contribution in [3.05, 3.63) is 37.8 Å². The summed E-state index contributed by atoms with van der Waals surface area (Å²) in [6, 6.07) is -1.59. The molecule has 2 N–H and O–H groups in total. The van der Waals surface area contributed by atoms with Gasteiger partial charge in [-0.3, -0.25) is 38.9 Å². The molecule has 0 unspecified atom stereocenters. The van der Waals surface area contributed by atoms with Gasteiger partial charge in [-0.15, -0.1) is 0 Å². The molecule has 2 rings (SSSR count). The number of nitrogens with one attached hydrogen (secondary N) is 2. The fourth-order valence-electron chi connectivity index (χ4n) is 3.55. The first-order chi connectivity index (χ1) is 17.2. The van der Waals surface area contributed by atoms with Gasteiger partial charge in [-0.05, 0) is 6.92 Å². The highest BCUT2D eigenvalue weighted by molar-refractivity contribution is 5.94. The van der Waals surface area contributed by atoms with Gasteiger partial charge in [-0.2, -0.15) is 0 Å². The third-order valence-electron chi connectivity index (χ3n) is 4.96. The first-order valence-corrected chi connectivity index (χ1v) is 10.7. The second-order valence-corrected chi connectivity index (χ2v) is 7.86. The molecule has 0 bridgehead atoms. The van der Waals surface area contributed by atoms with Crippen molar-refractivity contribution in [2.75, 3.05) is 6.61 Å². The Bertz CT molecular complexity index is 1160. The molecule has 16 nitrogen and oxygen atoms in total. The molecule has 202 valence electrons. The van der Waals surface area contributed by atoms with Gasteiger partial charge in [-0.25, -0.2) is 0 Å². The molecular formula is C21H25N3O13. The van der Waals surface area contributed by atoms with Crippen molar-refractivity contribution >= 4 is 35.5 Å². The highest BCUT2D eigenvalue weighted by Crippen LogP contribution is 2.28. The lowest BCUT2D eigenvalue weighted by atomic mass is 9.95. The van der Waals surface area contributed by atoms with Crippen LogP contribution in [0.2, 0.25) is 0 Å². The average molecular weight is 527 g/mol. The van der Waals surface area contributed by atoms with Crippen molar-refractivity contribution in [1.82, 2.24) is 10.3 Å². The van der Waals surface area contributed by atoms with E-state index in [4.69, 9.17) is 23.7 Å². The van der Waals surface area contributed by atoms with Gasteiger partial charge in [0.25, 0.3) is 11.3 Å². The summed E-state index contributed by atoms with van der Waals surface area (Å²) in [4.78, 5) is 85.2. The topological polar surface area (TPSA) is 220 Å². The third-order valence-corrected chi connectivity index (χ3v) is 4.96. The van der Waals surface area contributed by atoms with Crippen LogP contribution in [-0.4, -0.2) is 76.9 Å². The van der Waals surface area contributed by atoms with E-state index in [1.807, 2.05) is 0 Å². The van der Waals surface area contributed by atoms with E-state index < -0.39 is 88.6 Å². The van der Waals surface area contributed by atoms with Gasteiger partial charge in [0.1, 0.15) is 24.3 Å². The Labute approximate surface area is 208 Å². The summed E-state index contributed by atoms with van der Waals surface area (Å²) in [5, 5.41) is 13.6. The number of ether oxygens (including phenoxy) is 5. The number of esters is 4. The number of aryl methyl sites for hydroxylation is 1. The van der Waals surface area contributed by atoms with Crippen LogP contribution in [0.1, 0.15) is 43.7 Å². The number of carbonyl (C=O) groups is 5. The monoisotopic (exact) mass is 527 g/mol. The lowest BCUT2D eigenvalue weighted by Crippen LogP contribution is -2.67. The maximum absolute atomic E-state index is 13.0. The van der Waals surface area contributed by atoms with Crippen LogP contribution in [0.5, 0.6) is 0 Å². The fraction of sp³-hybridized carbons (Fsp3) is 0.524. The number of nitrogens with zero attached hydrogens (tertiary/aromatic N) is 1. The number of aromatic nitrogens is 1. The van der Waals surface area contributed by atoms with E-state index in [2.05, 4.69) is 10.3 Å². The van der Waals surface area contributed by atoms with Crippen LogP contribution in [-0.2, 0) is 42.9 Å². The van der Waals surface area contributed by atoms with E-state index >= 15 is 0 Å². The van der Waals surface area contributed by atoms with Gasteiger partial charge in [0.15, 0.2) is 12.2 Å². The van der Waals surface area contributed by atoms with Crippen LogP contribution < -0.4 is 10.7 Å². The van der Waals surface area contributed by atoms with Crippen LogP contribution in [0, 0.1) is 17.0 Å². The number of amides is 1. The highest BCUT2D eigenvalue weighted by atomic mass is 16.7. The van der Waals surface area contributed by atoms with Crippen LogP contribution in [0.3, 0.4) is 0 Å². The van der Waals surface area contributed by atoms with E-state index in [1.54, 1.807) is 0 Å². The molecule has 16 heteroatoms. The number of hydrogen-bond acceptors (Lipinski definition) is 13. The van der Waals surface area contributed by atoms with Crippen molar-refractivity contribution in [3.63, 3.8) is 0 Å². The minimum Gasteiger partial charge on any atom is -0.463 e. The molecule has 0 aromatic carbocycles. The lowest BCUT2D eigenvalue weighted by molar-refractivity contribution is -0.386. The van der Waals surface area contributed by atoms with Crippen LogP contribution in [0.25, 0.3) is 0 Å². The van der Waals surface area contributed by atoms with Gasteiger partial charge in [-0.1, -0.05) is 0 Å². The van der Waals surface area contributed by atoms with Crippen LogP contribution in [0.4, 0.5) is 5.69 Å². The lowest BCUT2D eigenvalue weighted by Gasteiger charge is -2.44. The van der Waals surface area contributed by atoms with E-state index in [1.165, 1.54) is 6.92 Å². The molecule has 1 aliphatic heterocycles. The molecule has 1 saturated heterocycles. The van der Waals surface area contributed by atoms with Gasteiger partial charge < -0.3 is 34.0 Å². The predicted octanol–water partition coefficient (Wildman–Crippen LogP) is -0.596. The number of rotatable bonds is 8. The first-order valence-electron chi connectivity index (χ1n) is 10.7. The molecule has 1 aromatic heterocycles. The second-order valence-electron chi connectivity index (χ2n) is 7.86. The summed E-state index contributed by atoms with van der Waals surface area (Å²) in [7, 11) is 0. The molecular weight excluding hydrogens is 502 g/mol. The standard InChI is InChI=1S/C21H25N3O13/c1-8-16(24(31)32)17(29)13(6-22-8)20(30)23-15-19(35-11(4)27)18(34-10(3)26)14(7-33-9(2)25)37-21(15)36-12(5)28/h6,14-15,18-19,21H,7H2,1-5H3,(H,22,29)(H,23,30)/t14-,15-,18-,19-,21-/m1/s1. The quantitative estimate of drug-likeness (QED) is 0.187. The van der Waals surface area contributed by atoms with Gasteiger partial charge in [0.05, 0.1) is 10.6 Å². The maximum Gasteiger partial charge on any atom is 0.335 e. The summed E-state index contributed by atoms with van der Waals surface area (Å²) >= 11 is 0. The zero-order chi connectivity index (χ0) is 28.0. The van der Waals surface area contributed by atoms with Gasteiger partial charge in [0.2, 0.25) is 6.29 Å². The molecule has 0 spiro atoms. The summed E-state index contributed by atoms with van der Waals surface area (Å²) in [6.07, 6.45) is -5.15. The van der Waals surface area contributed by atoms with Crippen molar-refractivity contribution in [2.24, 2.45) is 0 Å². The molecule has 1 aliphatic rings. The van der Waals surface area contributed by atoms with E-state index in [-0.39, 0.29) is 5.69 Å². The highest BCUT2D eigenvalue weighted by Gasteiger charge is 2.52. The minimum atomic E-state index is -1.70. The largest absolute Gasteiger partial charge is 0.463 e. The first kappa shape index (κ1) is 28.9. The Morgan fingerprint density at radius 3 is 2.08 bits per heavy atom. The Kier molecular flexibility index (Phi) is 9.42. The summed E-state index contributed by atoms with van der Waals surface area (Å²) in [5.74, 6) is -4.58.